The third-order valence-electron chi connectivity index (χ3n) is 4.96. The third-order valence-corrected chi connectivity index (χ3v) is 5.91. The number of furan rings is 1. The summed E-state index contributed by atoms with van der Waals surface area (Å²) in [6, 6.07) is 12.1. The number of nitrogens with zero attached hydrogens (tertiary/aromatic N) is 4. The van der Waals surface area contributed by atoms with E-state index in [0.29, 0.717) is 12.3 Å². The smallest absolute Gasteiger partial charge is 0.237 e. The van der Waals surface area contributed by atoms with Crippen molar-refractivity contribution in [1.82, 2.24) is 14.8 Å². The van der Waals surface area contributed by atoms with E-state index >= 15 is 0 Å². The lowest BCUT2D eigenvalue weighted by atomic mass is 10.1. The molecule has 0 spiro atoms. The van der Waals surface area contributed by atoms with Gasteiger partial charge in [-0.25, -0.2) is 0 Å². The van der Waals surface area contributed by atoms with Crippen LogP contribution in [0.5, 0.6) is 0 Å². The Labute approximate surface area is 168 Å². The van der Waals surface area contributed by atoms with Crippen molar-refractivity contribution >= 4 is 23.4 Å². The summed E-state index contributed by atoms with van der Waals surface area (Å²) in [4.78, 5) is 14.9. The maximum absolute atomic E-state index is 13.0. The number of fused-ring (bicyclic) bond motifs is 1. The average molecular weight is 397 g/mol. The molecule has 7 heteroatoms. The van der Waals surface area contributed by atoms with E-state index in [4.69, 9.17) is 4.42 Å². The van der Waals surface area contributed by atoms with Crippen molar-refractivity contribution in [3.05, 3.63) is 59.8 Å². The number of aromatic nitrogens is 3. The summed E-state index contributed by atoms with van der Waals surface area (Å²) in [7, 11) is 0. The molecule has 0 fully saturated rings. The number of carbonyl (C=O) groups excluding carboxylic acids is 1. The molecule has 28 heavy (non-hydrogen) atoms. The zero-order valence-electron chi connectivity index (χ0n) is 16.2. The van der Waals surface area contributed by atoms with Crippen LogP contribution in [-0.2, 0) is 24.2 Å². The highest BCUT2D eigenvalue weighted by atomic mass is 32.2. The molecule has 0 radical (unpaired) electrons. The molecule has 2 aromatic heterocycles. The van der Waals surface area contributed by atoms with Gasteiger partial charge in [-0.2, -0.15) is 0 Å². The Balaban J connectivity index is 1.49. The fraction of sp³-hybridized carbons (Fsp3) is 0.381. The fourth-order valence-electron chi connectivity index (χ4n) is 3.69. The maximum atomic E-state index is 13.0. The van der Waals surface area contributed by atoms with Crippen LogP contribution in [0.25, 0.3) is 0 Å². The van der Waals surface area contributed by atoms with Crippen molar-refractivity contribution in [2.45, 2.75) is 50.9 Å². The highest BCUT2D eigenvalue weighted by Crippen LogP contribution is 2.32. The number of benzene rings is 1. The topological polar surface area (TPSA) is 64.2 Å². The van der Waals surface area contributed by atoms with Crippen LogP contribution in [0.2, 0.25) is 0 Å². The number of para-hydroxylation sites is 1. The van der Waals surface area contributed by atoms with Crippen LogP contribution in [-0.4, -0.2) is 32.5 Å². The Bertz CT molecular complexity index is 951. The molecule has 1 amide bonds. The summed E-state index contributed by atoms with van der Waals surface area (Å²) >= 11 is 1.44. The van der Waals surface area contributed by atoms with Gasteiger partial charge in [0.1, 0.15) is 11.6 Å². The largest absolute Gasteiger partial charge is 0.467 e. The van der Waals surface area contributed by atoms with E-state index < -0.39 is 0 Å². The number of anilines is 1. The number of thioether (sulfide) groups is 1. The molecule has 0 saturated heterocycles. The molecule has 146 valence electrons. The summed E-state index contributed by atoms with van der Waals surface area (Å²) in [5.41, 5.74) is 2.27. The molecule has 3 heterocycles. The first-order valence-corrected chi connectivity index (χ1v) is 10.6. The lowest BCUT2D eigenvalue weighted by Gasteiger charge is -2.22. The second-order valence-corrected chi connectivity index (χ2v) is 7.99. The minimum atomic E-state index is 0.104. The second-order valence-electron chi connectivity index (χ2n) is 7.05. The number of amides is 1. The molecule has 0 bridgehead atoms. The maximum Gasteiger partial charge on any atom is 0.237 e. The van der Waals surface area contributed by atoms with E-state index in [1.807, 2.05) is 35.2 Å². The van der Waals surface area contributed by atoms with Gasteiger partial charge in [-0.05, 0) is 43.5 Å². The Morgan fingerprint density at radius 2 is 2.11 bits per heavy atom. The molecule has 1 atom stereocenters. The summed E-state index contributed by atoms with van der Waals surface area (Å²) in [5.74, 6) is 2.22. The van der Waals surface area contributed by atoms with Crippen molar-refractivity contribution in [2.24, 2.45) is 0 Å². The normalized spacial score (nSPS) is 15.8. The molecule has 0 aliphatic carbocycles. The van der Waals surface area contributed by atoms with Gasteiger partial charge in [0.2, 0.25) is 5.91 Å². The lowest BCUT2D eigenvalue weighted by Crippen LogP contribution is -2.37. The third kappa shape index (κ3) is 3.71. The van der Waals surface area contributed by atoms with E-state index in [0.717, 1.165) is 41.7 Å². The zero-order valence-corrected chi connectivity index (χ0v) is 17.0. The van der Waals surface area contributed by atoms with Gasteiger partial charge >= 0.3 is 0 Å². The van der Waals surface area contributed by atoms with Gasteiger partial charge in [0.05, 0.1) is 18.6 Å². The number of aryl methyl sites for hydroxylation is 1. The molecule has 3 aromatic rings. The van der Waals surface area contributed by atoms with Gasteiger partial charge in [-0.15, -0.1) is 10.2 Å². The van der Waals surface area contributed by atoms with Gasteiger partial charge in [0.15, 0.2) is 5.16 Å². The summed E-state index contributed by atoms with van der Waals surface area (Å²) in [5, 5.41) is 9.44. The first kappa shape index (κ1) is 18.8. The lowest BCUT2D eigenvalue weighted by molar-refractivity contribution is -0.116. The van der Waals surface area contributed by atoms with Crippen LogP contribution >= 0.6 is 11.8 Å². The predicted octanol–water partition coefficient (Wildman–Crippen LogP) is 3.94. The second kappa shape index (κ2) is 8.22. The van der Waals surface area contributed by atoms with Crippen LogP contribution in [0, 0.1) is 0 Å². The SMILES string of the molecule is CCCc1nnc(SCC(=O)N2c3ccccc3C[C@H]2C)n1Cc1ccco1. The van der Waals surface area contributed by atoms with Crippen molar-refractivity contribution in [3.63, 3.8) is 0 Å². The molecular formula is C21H24N4O2S. The molecule has 6 nitrogen and oxygen atoms in total. The van der Waals surface area contributed by atoms with Gasteiger partial charge in [-0.3, -0.25) is 9.36 Å². The Morgan fingerprint density at radius 3 is 2.89 bits per heavy atom. The van der Waals surface area contributed by atoms with E-state index in [-0.39, 0.29) is 11.9 Å². The minimum Gasteiger partial charge on any atom is -0.467 e. The molecule has 1 aliphatic heterocycles. The van der Waals surface area contributed by atoms with Crippen molar-refractivity contribution in [3.8, 4) is 0 Å². The predicted molar refractivity (Wildman–Crippen MR) is 110 cm³/mol. The summed E-state index contributed by atoms with van der Waals surface area (Å²) < 4.78 is 7.55. The van der Waals surface area contributed by atoms with Crippen molar-refractivity contribution in [1.29, 1.82) is 0 Å². The molecule has 0 saturated carbocycles. The molecule has 1 aromatic carbocycles. The minimum absolute atomic E-state index is 0.104. The van der Waals surface area contributed by atoms with Crippen LogP contribution in [0.3, 0.4) is 0 Å². The van der Waals surface area contributed by atoms with E-state index in [1.54, 1.807) is 6.26 Å². The number of hydrogen-bond acceptors (Lipinski definition) is 5. The molecule has 4 rings (SSSR count). The first-order chi connectivity index (χ1) is 13.7. The number of hydrogen-bond donors (Lipinski definition) is 0. The standard InChI is InChI=1S/C21H24N4O2S/c1-3-7-19-22-23-21(24(19)13-17-9-6-11-27-17)28-14-20(26)25-15(2)12-16-8-4-5-10-18(16)25/h4-6,8-11,15H,3,7,12-14H2,1-2H3/t15-/m1/s1. The monoisotopic (exact) mass is 396 g/mol. The van der Waals surface area contributed by atoms with E-state index in [2.05, 4.69) is 34.7 Å². The van der Waals surface area contributed by atoms with Crippen molar-refractivity contribution in [2.75, 3.05) is 10.7 Å². The van der Waals surface area contributed by atoms with E-state index in [1.165, 1.54) is 17.3 Å². The Hall–Kier alpha value is -2.54. The molecule has 0 N–H and O–H groups in total. The Kier molecular flexibility index (Phi) is 5.52. The van der Waals surface area contributed by atoms with Crippen LogP contribution < -0.4 is 4.90 Å². The van der Waals surface area contributed by atoms with E-state index in [9.17, 15) is 4.79 Å². The van der Waals surface area contributed by atoms with Crippen LogP contribution in [0.15, 0.2) is 52.2 Å². The van der Waals surface area contributed by atoms with Crippen LogP contribution in [0.1, 0.15) is 37.4 Å². The van der Waals surface area contributed by atoms with Gasteiger partial charge in [-0.1, -0.05) is 36.9 Å². The molecule has 0 unspecified atom stereocenters. The van der Waals surface area contributed by atoms with Gasteiger partial charge < -0.3 is 9.32 Å². The Morgan fingerprint density at radius 1 is 1.25 bits per heavy atom. The quantitative estimate of drug-likeness (QED) is 0.566. The van der Waals surface area contributed by atoms with Gasteiger partial charge in [0, 0.05) is 18.2 Å². The zero-order chi connectivity index (χ0) is 19.5. The first-order valence-electron chi connectivity index (χ1n) is 9.64. The van der Waals surface area contributed by atoms with Gasteiger partial charge in [0.25, 0.3) is 0 Å². The van der Waals surface area contributed by atoms with Crippen LogP contribution in [0.4, 0.5) is 5.69 Å². The highest BCUT2D eigenvalue weighted by Gasteiger charge is 2.30. The number of carbonyl (C=O) groups is 1. The molecular weight excluding hydrogens is 372 g/mol. The summed E-state index contributed by atoms with van der Waals surface area (Å²) in [6.45, 7) is 4.80. The highest BCUT2D eigenvalue weighted by molar-refractivity contribution is 7.99. The molecule has 1 aliphatic rings. The average Bonchev–Trinajstić information content (AvgIpc) is 3.40. The summed E-state index contributed by atoms with van der Waals surface area (Å²) in [6.07, 6.45) is 4.41. The number of rotatable bonds is 7. The fourth-order valence-corrected chi connectivity index (χ4v) is 4.51. The van der Waals surface area contributed by atoms with Crippen molar-refractivity contribution < 1.29 is 9.21 Å².